The number of rotatable bonds is 7. The number of hydrogen-bond donors (Lipinski definition) is 2. The molecule has 0 saturated heterocycles. The maximum Gasteiger partial charge on any atom is 0.244 e. The third kappa shape index (κ3) is 5.77. The van der Waals surface area contributed by atoms with Crippen molar-refractivity contribution in [2.24, 2.45) is 0 Å². The Bertz CT molecular complexity index is 886. The van der Waals surface area contributed by atoms with E-state index >= 15 is 0 Å². The summed E-state index contributed by atoms with van der Waals surface area (Å²) in [5.41, 5.74) is 2.29. The number of aromatic nitrogens is 1. The molecule has 0 fully saturated rings. The van der Waals surface area contributed by atoms with E-state index in [1.54, 1.807) is 25.1 Å². The molecule has 1 heterocycles. The van der Waals surface area contributed by atoms with E-state index in [-0.39, 0.29) is 23.9 Å². The van der Waals surface area contributed by atoms with E-state index in [2.05, 4.69) is 15.0 Å². The zero-order chi connectivity index (χ0) is 18.4. The summed E-state index contributed by atoms with van der Waals surface area (Å²) >= 11 is 1.51. The zero-order valence-electron chi connectivity index (χ0n) is 14.4. The smallest absolute Gasteiger partial charge is 0.244 e. The lowest BCUT2D eigenvalue weighted by Gasteiger charge is -2.10. The van der Waals surface area contributed by atoms with Crippen molar-refractivity contribution in [2.45, 2.75) is 25.7 Å². The molecule has 1 aromatic carbocycles. The molecule has 2 aromatic rings. The van der Waals surface area contributed by atoms with Gasteiger partial charge in [0.15, 0.2) is 0 Å². The van der Waals surface area contributed by atoms with Crippen LogP contribution in [0.4, 0.5) is 0 Å². The number of aryl methyl sites for hydroxylation is 3. The van der Waals surface area contributed by atoms with Crippen molar-refractivity contribution in [3.05, 3.63) is 51.5 Å². The molecule has 6 nitrogen and oxygen atoms in total. The van der Waals surface area contributed by atoms with Gasteiger partial charge < -0.3 is 5.32 Å². The summed E-state index contributed by atoms with van der Waals surface area (Å²) in [4.78, 5) is 16.2. The summed E-state index contributed by atoms with van der Waals surface area (Å²) in [6, 6.07) is 5.27. The second-order valence-electron chi connectivity index (χ2n) is 5.58. The van der Waals surface area contributed by atoms with Gasteiger partial charge in [0.1, 0.15) is 0 Å². The molecule has 0 atom stereocenters. The van der Waals surface area contributed by atoms with Gasteiger partial charge in [0, 0.05) is 24.5 Å². The number of amides is 1. The van der Waals surface area contributed by atoms with Crippen molar-refractivity contribution in [2.75, 3.05) is 13.1 Å². The fourth-order valence-corrected chi connectivity index (χ4v) is 4.06. The number of carbonyl (C=O) groups excluding carboxylic acids is 1. The quantitative estimate of drug-likeness (QED) is 0.570. The van der Waals surface area contributed by atoms with Crippen LogP contribution in [0.15, 0.2) is 34.6 Å². The molecule has 0 unspecified atom stereocenters. The first kappa shape index (κ1) is 19.3. The van der Waals surface area contributed by atoms with E-state index in [0.29, 0.717) is 5.56 Å². The topological polar surface area (TPSA) is 88.2 Å². The molecule has 0 bridgehead atoms. The third-order valence-electron chi connectivity index (χ3n) is 3.39. The minimum atomic E-state index is -3.59. The molecule has 0 spiro atoms. The van der Waals surface area contributed by atoms with Crippen molar-refractivity contribution >= 4 is 33.3 Å². The molecular weight excluding hydrogens is 358 g/mol. The fraction of sp³-hybridized carbons (Fsp3) is 0.294. The first-order valence-electron chi connectivity index (χ1n) is 7.73. The molecule has 0 aliphatic carbocycles. The average molecular weight is 380 g/mol. The van der Waals surface area contributed by atoms with Crippen LogP contribution < -0.4 is 10.0 Å². The Labute approximate surface area is 152 Å². The predicted octanol–water partition coefficient (Wildman–Crippen LogP) is 2.18. The van der Waals surface area contributed by atoms with Gasteiger partial charge in [0.2, 0.25) is 15.9 Å². The number of carbonyl (C=O) groups is 1. The van der Waals surface area contributed by atoms with Crippen molar-refractivity contribution in [1.82, 2.24) is 15.0 Å². The van der Waals surface area contributed by atoms with Crippen molar-refractivity contribution in [1.29, 1.82) is 0 Å². The number of benzene rings is 1. The molecule has 134 valence electrons. The van der Waals surface area contributed by atoms with Crippen LogP contribution in [0.5, 0.6) is 0 Å². The van der Waals surface area contributed by atoms with Gasteiger partial charge in [0.05, 0.1) is 15.6 Å². The Morgan fingerprint density at radius 2 is 2.00 bits per heavy atom. The SMILES string of the molecule is Cc1ccc(C)c(S(=O)(=O)NCCNC(=O)/C=C/c2csc(C)n2)c1. The first-order valence-corrected chi connectivity index (χ1v) is 10.1. The van der Waals surface area contributed by atoms with Crippen molar-refractivity contribution in [3.63, 3.8) is 0 Å². The Kier molecular flexibility index (Phi) is 6.46. The first-order chi connectivity index (χ1) is 11.8. The molecule has 0 aliphatic heterocycles. The summed E-state index contributed by atoms with van der Waals surface area (Å²) in [6.07, 6.45) is 3.01. The van der Waals surface area contributed by atoms with Gasteiger partial charge in [0.25, 0.3) is 0 Å². The summed E-state index contributed by atoms with van der Waals surface area (Å²) in [7, 11) is -3.59. The van der Waals surface area contributed by atoms with Crippen LogP contribution in [0.2, 0.25) is 0 Å². The third-order valence-corrected chi connectivity index (χ3v) is 5.79. The largest absolute Gasteiger partial charge is 0.351 e. The van der Waals surface area contributed by atoms with Gasteiger partial charge in [-0.2, -0.15) is 0 Å². The minimum Gasteiger partial charge on any atom is -0.351 e. The second-order valence-corrected chi connectivity index (χ2v) is 8.38. The zero-order valence-corrected chi connectivity index (χ0v) is 16.0. The Hall–Kier alpha value is -2.03. The maximum absolute atomic E-state index is 12.3. The fourth-order valence-electron chi connectivity index (χ4n) is 2.12. The summed E-state index contributed by atoms with van der Waals surface area (Å²) < 4.78 is 27.1. The van der Waals surface area contributed by atoms with Crippen LogP contribution in [-0.2, 0) is 14.8 Å². The molecule has 25 heavy (non-hydrogen) atoms. The summed E-state index contributed by atoms with van der Waals surface area (Å²) in [5, 5.41) is 5.42. The van der Waals surface area contributed by atoms with E-state index in [4.69, 9.17) is 0 Å². The number of hydrogen-bond acceptors (Lipinski definition) is 5. The predicted molar refractivity (Wildman–Crippen MR) is 100.0 cm³/mol. The minimum absolute atomic E-state index is 0.116. The van der Waals surface area contributed by atoms with Crippen molar-refractivity contribution < 1.29 is 13.2 Å². The monoisotopic (exact) mass is 379 g/mol. The highest BCUT2D eigenvalue weighted by Crippen LogP contribution is 2.16. The van der Waals surface area contributed by atoms with E-state index in [9.17, 15) is 13.2 Å². The number of nitrogens with zero attached hydrogens (tertiary/aromatic N) is 1. The lowest BCUT2D eigenvalue weighted by Crippen LogP contribution is -2.34. The molecule has 2 N–H and O–H groups in total. The summed E-state index contributed by atoms with van der Waals surface area (Å²) in [6.45, 7) is 5.80. The Balaban J connectivity index is 1.83. The highest BCUT2D eigenvalue weighted by Gasteiger charge is 2.16. The van der Waals surface area contributed by atoms with Gasteiger partial charge in [-0.15, -0.1) is 11.3 Å². The van der Waals surface area contributed by atoms with Crippen LogP contribution in [-0.4, -0.2) is 32.4 Å². The average Bonchev–Trinajstić information content (AvgIpc) is 2.97. The van der Waals surface area contributed by atoms with Gasteiger partial charge in [-0.25, -0.2) is 18.1 Å². The molecule has 2 rings (SSSR count). The highest BCUT2D eigenvalue weighted by molar-refractivity contribution is 7.89. The molecule has 1 amide bonds. The number of nitrogens with one attached hydrogen (secondary N) is 2. The molecule has 8 heteroatoms. The number of sulfonamides is 1. The second kappa shape index (κ2) is 8.37. The standard InChI is InChI=1S/C17H21N3O3S2/c1-12-4-5-13(2)16(10-12)25(22,23)19-9-8-18-17(21)7-6-15-11-24-14(3)20-15/h4-7,10-11,19H,8-9H2,1-3H3,(H,18,21)/b7-6+. The van der Waals surface area contributed by atoms with Gasteiger partial charge in [-0.1, -0.05) is 12.1 Å². The lowest BCUT2D eigenvalue weighted by molar-refractivity contribution is -0.116. The molecular formula is C17H21N3O3S2. The van der Waals surface area contributed by atoms with Gasteiger partial charge in [-0.05, 0) is 44.0 Å². The van der Waals surface area contributed by atoms with Crippen LogP contribution in [0.1, 0.15) is 21.8 Å². The summed E-state index contributed by atoms with van der Waals surface area (Å²) in [5.74, 6) is -0.295. The maximum atomic E-state index is 12.3. The van der Waals surface area contributed by atoms with Crippen LogP contribution in [0.3, 0.4) is 0 Å². The van der Waals surface area contributed by atoms with Crippen LogP contribution >= 0.6 is 11.3 Å². The highest BCUT2D eigenvalue weighted by atomic mass is 32.2. The molecule has 0 aliphatic rings. The Morgan fingerprint density at radius 1 is 1.24 bits per heavy atom. The van der Waals surface area contributed by atoms with E-state index in [1.165, 1.54) is 17.4 Å². The van der Waals surface area contributed by atoms with Crippen molar-refractivity contribution in [3.8, 4) is 0 Å². The van der Waals surface area contributed by atoms with E-state index < -0.39 is 10.0 Å². The van der Waals surface area contributed by atoms with Gasteiger partial charge >= 0.3 is 0 Å². The van der Waals surface area contributed by atoms with Crippen LogP contribution in [0, 0.1) is 20.8 Å². The molecule has 0 radical (unpaired) electrons. The molecule has 0 saturated carbocycles. The Morgan fingerprint density at radius 3 is 2.68 bits per heavy atom. The van der Waals surface area contributed by atoms with Gasteiger partial charge in [-0.3, -0.25) is 4.79 Å². The van der Waals surface area contributed by atoms with E-state index in [1.807, 2.05) is 25.3 Å². The number of thiazole rings is 1. The van der Waals surface area contributed by atoms with Crippen LogP contribution in [0.25, 0.3) is 6.08 Å². The normalized spacial score (nSPS) is 11.8. The lowest BCUT2D eigenvalue weighted by atomic mass is 10.2. The molecule has 1 aromatic heterocycles. The van der Waals surface area contributed by atoms with E-state index in [0.717, 1.165) is 16.3 Å².